The number of halogens is 9. The zero-order chi connectivity index (χ0) is 65.9. The van der Waals surface area contributed by atoms with E-state index in [1.54, 1.807) is 19.2 Å². The summed E-state index contributed by atoms with van der Waals surface area (Å²) in [5.74, 6) is -3.18. The molecular weight excluding hydrogens is 1370 g/mol. The van der Waals surface area contributed by atoms with Gasteiger partial charge in [-0.05, 0) is 114 Å². The molecule has 1 aliphatic rings. The summed E-state index contributed by atoms with van der Waals surface area (Å²) in [7, 11) is 9.03. The summed E-state index contributed by atoms with van der Waals surface area (Å²) in [6.45, 7) is 14.3. The van der Waals surface area contributed by atoms with Crippen LogP contribution in [0.3, 0.4) is 0 Å². The van der Waals surface area contributed by atoms with E-state index in [0.717, 1.165) is 62.1 Å². The highest BCUT2D eigenvalue weighted by Crippen LogP contribution is 2.38. The number of rotatable bonds is 14. The number of phenols is 1. The maximum Gasteiger partial charge on any atom is 0.341 e. The number of esters is 3. The SMILES string of the molecule is COC(=O)c1cc(Br)c(F)cc1OC.COC(=O)c1ccc(F)cc1O.COC(=O)c1ccc(F)cc1OC.COc1cc(F)c(Br)cc1CO.COc1cc(F)c(Br)cc1CO[Si](C)(C)C(C)(C)C.COc1cc(F)c(N2CCNCC2)cc1CO. The number of phenolic OH excluding ortho intramolecular Hbond substituents is 1. The Kier molecular flexibility index (Phi) is 32.8. The zero-order valence-corrected chi connectivity index (χ0v) is 55.9. The molecule has 0 atom stereocenters. The number of methoxy groups -OCH3 is 8. The second-order valence-corrected chi connectivity index (χ2v) is 26.7. The molecule has 87 heavy (non-hydrogen) atoms. The van der Waals surface area contributed by atoms with Gasteiger partial charge in [0.05, 0.1) is 95.8 Å². The van der Waals surface area contributed by atoms with Crippen LogP contribution in [0.2, 0.25) is 18.1 Å². The monoisotopic (exact) mass is 1440 g/mol. The Labute approximate surface area is 528 Å². The lowest BCUT2D eigenvalue weighted by atomic mass is 10.1. The Bertz CT molecular complexity index is 3200. The Morgan fingerprint density at radius 2 is 0.897 bits per heavy atom. The summed E-state index contributed by atoms with van der Waals surface area (Å²) < 4.78 is 123. The maximum atomic E-state index is 13.9. The van der Waals surface area contributed by atoms with Gasteiger partial charge in [-0.25, -0.2) is 40.7 Å². The number of nitrogens with zero attached hydrogens (tertiary/aromatic N) is 1. The molecule has 0 aliphatic carbocycles. The Hall–Kier alpha value is -6.59. The van der Waals surface area contributed by atoms with E-state index in [2.05, 4.69) is 101 Å². The molecule has 1 aliphatic heterocycles. The summed E-state index contributed by atoms with van der Waals surface area (Å²) in [6, 6.07) is 18.0. The fourth-order valence-electron chi connectivity index (χ4n) is 6.98. The number of hydrogen-bond acceptors (Lipinski definition) is 17. The number of ether oxygens (including phenoxy) is 8. The zero-order valence-electron chi connectivity index (χ0n) is 50.1. The third kappa shape index (κ3) is 23.5. The highest BCUT2D eigenvalue weighted by Gasteiger charge is 2.37. The van der Waals surface area contributed by atoms with Crippen molar-refractivity contribution in [3.63, 3.8) is 0 Å². The largest absolute Gasteiger partial charge is 0.507 e. The maximum absolute atomic E-state index is 13.9. The normalized spacial score (nSPS) is 11.6. The second kappa shape index (κ2) is 37.3. The minimum atomic E-state index is -1.82. The van der Waals surface area contributed by atoms with Gasteiger partial charge >= 0.3 is 17.9 Å². The van der Waals surface area contributed by atoms with Crippen LogP contribution in [0.15, 0.2) is 98.3 Å². The Morgan fingerprint density at radius 3 is 1.34 bits per heavy atom. The molecule has 478 valence electrons. The molecule has 0 aromatic heterocycles. The van der Waals surface area contributed by atoms with E-state index in [-0.39, 0.29) is 62.5 Å². The fourth-order valence-corrected chi connectivity index (χ4v) is 9.05. The van der Waals surface area contributed by atoms with Gasteiger partial charge in [0.15, 0.2) is 8.32 Å². The average Bonchev–Trinajstić information content (AvgIpc) is 3.64. The molecule has 0 saturated carbocycles. The van der Waals surface area contributed by atoms with Gasteiger partial charge < -0.3 is 67.9 Å². The molecule has 0 spiro atoms. The molecular formula is C60H71Br3F6N2O15Si. The van der Waals surface area contributed by atoms with E-state index in [1.165, 1.54) is 92.2 Å². The lowest BCUT2D eigenvalue weighted by Gasteiger charge is -2.36. The lowest BCUT2D eigenvalue weighted by Crippen LogP contribution is -2.43. The number of aliphatic hydroxyl groups is 2. The quantitative estimate of drug-likeness (QED) is 0.0346. The first-order chi connectivity index (χ1) is 41.0. The first-order valence-corrected chi connectivity index (χ1v) is 31.1. The Balaban J connectivity index is 0.000000359. The van der Waals surface area contributed by atoms with Gasteiger partial charge in [-0.1, -0.05) is 20.8 Å². The highest BCUT2D eigenvalue weighted by atomic mass is 79.9. The van der Waals surface area contributed by atoms with Crippen molar-refractivity contribution >= 4 is 79.7 Å². The predicted octanol–water partition coefficient (Wildman–Crippen LogP) is 13.3. The molecule has 17 nitrogen and oxygen atoms in total. The van der Waals surface area contributed by atoms with Gasteiger partial charge in [-0.2, -0.15) is 0 Å². The van der Waals surface area contributed by atoms with Gasteiger partial charge in [0.25, 0.3) is 0 Å². The molecule has 7 rings (SSSR count). The lowest BCUT2D eigenvalue weighted by molar-refractivity contribution is 0.0587. The van der Waals surface area contributed by atoms with Crippen LogP contribution < -0.4 is 33.9 Å². The van der Waals surface area contributed by atoms with Crippen LogP contribution in [-0.4, -0.2) is 125 Å². The van der Waals surface area contributed by atoms with E-state index in [9.17, 15) is 45.8 Å². The van der Waals surface area contributed by atoms with Crippen molar-refractivity contribution in [3.05, 3.63) is 167 Å². The molecule has 0 radical (unpaired) electrons. The van der Waals surface area contributed by atoms with Gasteiger partial charge in [-0.3, -0.25) is 0 Å². The predicted molar refractivity (Wildman–Crippen MR) is 329 cm³/mol. The smallest absolute Gasteiger partial charge is 0.341 e. The molecule has 1 saturated heterocycles. The van der Waals surface area contributed by atoms with Crippen molar-refractivity contribution < 1.29 is 98.4 Å². The van der Waals surface area contributed by atoms with Crippen LogP contribution in [0.5, 0.6) is 34.5 Å². The van der Waals surface area contributed by atoms with Gasteiger partial charge in [0.2, 0.25) is 0 Å². The summed E-state index contributed by atoms with van der Waals surface area (Å²) in [5.41, 5.74) is 2.93. The number of aliphatic hydroxyl groups excluding tert-OH is 2. The number of aromatic hydroxyl groups is 1. The molecule has 4 N–H and O–H groups in total. The fraction of sp³-hybridized carbons (Fsp3) is 0.350. The molecule has 0 unspecified atom stereocenters. The Morgan fingerprint density at radius 1 is 0.517 bits per heavy atom. The molecule has 6 aromatic rings. The molecule has 0 bridgehead atoms. The van der Waals surface area contributed by atoms with Crippen molar-refractivity contribution in [3.8, 4) is 34.5 Å². The first-order valence-electron chi connectivity index (χ1n) is 25.8. The molecule has 0 amide bonds. The third-order valence-corrected chi connectivity index (χ3v) is 19.1. The van der Waals surface area contributed by atoms with E-state index >= 15 is 0 Å². The third-order valence-electron chi connectivity index (χ3n) is 12.8. The van der Waals surface area contributed by atoms with Gasteiger partial charge in [0, 0.05) is 79.3 Å². The van der Waals surface area contributed by atoms with Crippen molar-refractivity contribution in [2.24, 2.45) is 0 Å². The van der Waals surface area contributed by atoms with E-state index in [1.807, 2.05) is 4.90 Å². The van der Waals surface area contributed by atoms with Crippen LogP contribution >= 0.6 is 47.8 Å². The summed E-state index contributed by atoms with van der Waals surface area (Å²) in [5, 5.41) is 30.5. The average molecular weight is 1440 g/mol. The standard InChI is InChI=1S/C14H22BrFO2Si.C12H17FN2O2.C9H8BrFO3.C9H9FO3.C8H8BrFO2.C8H7FO3/c1-14(2,3)19(5,6)18-9-10-7-11(15)12(16)8-13(10)17-4;1-17-12-7-10(13)11(6-9(12)8-16)15-4-2-14-3-5-15;1-13-8-4-7(11)6(10)3-5(8)9(12)14-2;1-12-8-5-6(10)3-4-7(8)9(11)13-2;1-12-8-3-7(10)6(9)2-5(8)4-11;1-12-8(11)6-3-2-5(9)4-7(6)10/h7-8H,9H2,1-6H3;6-7,14,16H,2-5,8H2,1H3;3-4H,1-2H3;3-5H,1-2H3;2-3,11H,4H2,1H3;2-4,10H,1H3. The van der Waals surface area contributed by atoms with E-state index < -0.39 is 55.2 Å². The number of benzene rings is 6. The summed E-state index contributed by atoms with van der Waals surface area (Å²) in [6.07, 6.45) is 0. The topological polar surface area (TPSA) is 210 Å². The first kappa shape index (κ1) is 76.5. The van der Waals surface area contributed by atoms with Crippen LogP contribution in [-0.2, 0) is 38.5 Å². The molecule has 1 fully saturated rings. The molecule has 1 heterocycles. The van der Waals surface area contributed by atoms with Gasteiger partial charge in [-0.15, -0.1) is 0 Å². The van der Waals surface area contributed by atoms with Crippen LogP contribution in [0.25, 0.3) is 0 Å². The minimum absolute atomic E-state index is 0.0427. The van der Waals surface area contributed by atoms with Crippen molar-refractivity contribution in [2.75, 3.05) is 88.0 Å². The summed E-state index contributed by atoms with van der Waals surface area (Å²) >= 11 is 9.17. The number of piperazine rings is 1. The van der Waals surface area contributed by atoms with E-state index in [0.29, 0.717) is 49.6 Å². The van der Waals surface area contributed by atoms with Crippen molar-refractivity contribution in [2.45, 2.75) is 58.7 Å². The van der Waals surface area contributed by atoms with Crippen molar-refractivity contribution in [1.29, 1.82) is 0 Å². The summed E-state index contributed by atoms with van der Waals surface area (Å²) in [4.78, 5) is 35.1. The van der Waals surface area contributed by atoms with Crippen LogP contribution in [0.1, 0.15) is 68.5 Å². The number of hydrogen-bond donors (Lipinski definition) is 4. The number of carbonyl (C=O) groups excluding carboxylic acids is 3. The van der Waals surface area contributed by atoms with Gasteiger partial charge in [0.1, 0.15) is 86.1 Å². The van der Waals surface area contributed by atoms with Crippen LogP contribution in [0.4, 0.5) is 32.0 Å². The minimum Gasteiger partial charge on any atom is -0.507 e. The van der Waals surface area contributed by atoms with E-state index in [4.69, 9.17) is 38.3 Å². The molecule has 6 aromatic carbocycles. The van der Waals surface area contributed by atoms with Crippen molar-refractivity contribution in [1.82, 2.24) is 5.32 Å². The number of nitrogens with one attached hydrogen (secondary N) is 1. The van der Waals surface area contributed by atoms with Crippen LogP contribution in [0, 0.1) is 34.9 Å². The number of anilines is 1. The number of carbonyl (C=O) groups is 3. The highest BCUT2D eigenvalue weighted by molar-refractivity contribution is 9.11. The molecule has 27 heteroatoms. The second-order valence-electron chi connectivity index (χ2n) is 19.3.